The first kappa shape index (κ1) is 23.2. The SMILES string of the molecule is Cc1ccc(NC(=O)C(OC(=O)Cn2cnc3c(C)cccc3c2=O)c2ccccc2)cc1Cl. The summed E-state index contributed by atoms with van der Waals surface area (Å²) in [7, 11) is 0. The van der Waals surface area contributed by atoms with Crippen LogP contribution in [0.1, 0.15) is 22.8 Å². The third kappa shape index (κ3) is 5.00. The van der Waals surface area contributed by atoms with Gasteiger partial charge in [0.1, 0.15) is 6.54 Å². The first-order valence-electron chi connectivity index (χ1n) is 10.6. The van der Waals surface area contributed by atoms with E-state index in [9.17, 15) is 14.4 Å². The molecule has 4 rings (SSSR count). The lowest BCUT2D eigenvalue weighted by molar-refractivity contribution is -0.155. The molecule has 0 aliphatic rings. The number of carbonyl (C=O) groups excluding carboxylic acids is 2. The fourth-order valence-corrected chi connectivity index (χ4v) is 3.72. The normalized spacial score (nSPS) is 11.7. The van der Waals surface area contributed by atoms with Crippen molar-refractivity contribution in [2.24, 2.45) is 0 Å². The number of hydrogen-bond acceptors (Lipinski definition) is 5. The molecule has 1 unspecified atom stereocenters. The van der Waals surface area contributed by atoms with Gasteiger partial charge < -0.3 is 10.1 Å². The van der Waals surface area contributed by atoms with Gasteiger partial charge in [0.15, 0.2) is 0 Å². The molecular formula is C26H22ClN3O4. The highest BCUT2D eigenvalue weighted by atomic mass is 35.5. The molecule has 0 saturated carbocycles. The van der Waals surface area contributed by atoms with E-state index in [0.29, 0.717) is 27.2 Å². The van der Waals surface area contributed by atoms with E-state index in [4.69, 9.17) is 16.3 Å². The van der Waals surface area contributed by atoms with Crippen LogP contribution in [0, 0.1) is 13.8 Å². The summed E-state index contributed by atoms with van der Waals surface area (Å²) in [6, 6.07) is 19.1. The van der Waals surface area contributed by atoms with Crippen LogP contribution < -0.4 is 10.9 Å². The van der Waals surface area contributed by atoms with Crippen LogP contribution in [0.15, 0.2) is 77.9 Å². The van der Waals surface area contributed by atoms with Gasteiger partial charge in [-0.3, -0.25) is 19.0 Å². The monoisotopic (exact) mass is 475 g/mol. The quantitative estimate of drug-likeness (QED) is 0.412. The van der Waals surface area contributed by atoms with E-state index in [1.165, 1.54) is 10.9 Å². The lowest BCUT2D eigenvalue weighted by Gasteiger charge is -2.19. The largest absolute Gasteiger partial charge is 0.446 e. The molecule has 1 heterocycles. The number of ether oxygens (including phenoxy) is 1. The number of rotatable bonds is 6. The Morgan fingerprint density at radius 2 is 1.79 bits per heavy atom. The van der Waals surface area contributed by atoms with Crippen molar-refractivity contribution in [1.29, 1.82) is 0 Å². The second-order valence-electron chi connectivity index (χ2n) is 7.88. The van der Waals surface area contributed by atoms with Gasteiger partial charge in [-0.2, -0.15) is 0 Å². The van der Waals surface area contributed by atoms with Crippen molar-refractivity contribution in [3.05, 3.63) is 105 Å². The maximum Gasteiger partial charge on any atom is 0.327 e. The van der Waals surface area contributed by atoms with Crippen LogP contribution in [0.3, 0.4) is 0 Å². The Labute approximate surface area is 201 Å². The molecule has 0 fully saturated rings. The Morgan fingerprint density at radius 3 is 2.53 bits per heavy atom. The Bertz CT molecular complexity index is 1430. The number of halogens is 1. The summed E-state index contributed by atoms with van der Waals surface area (Å²) in [5.41, 5.74) is 2.92. The number of fused-ring (bicyclic) bond motifs is 1. The van der Waals surface area contributed by atoms with Crippen molar-refractivity contribution >= 4 is 40.1 Å². The Balaban J connectivity index is 1.57. The molecule has 0 bridgehead atoms. The minimum atomic E-state index is -1.22. The molecule has 34 heavy (non-hydrogen) atoms. The molecule has 172 valence electrons. The lowest BCUT2D eigenvalue weighted by Crippen LogP contribution is -2.30. The summed E-state index contributed by atoms with van der Waals surface area (Å²) in [6.07, 6.45) is 0.0882. The number of nitrogens with zero attached hydrogens (tertiary/aromatic N) is 2. The van der Waals surface area contributed by atoms with Gasteiger partial charge in [-0.25, -0.2) is 4.98 Å². The Morgan fingerprint density at radius 1 is 1.03 bits per heavy atom. The molecule has 1 atom stereocenters. The molecule has 0 radical (unpaired) electrons. The number of aromatic nitrogens is 2. The summed E-state index contributed by atoms with van der Waals surface area (Å²) < 4.78 is 6.72. The highest BCUT2D eigenvalue weighted by molar-refractivity contribution is 6.31. The zero-order valence-corrected chi connectivity index (χ0v) is 19.4. The van der Waals surface area contributed by atoms with Gasteiger partial charge in [0, 0.05) is 16.3 Å². The van der Waals surface area contributed by atoms with Crippen LogP contribution in [0.5, 0.6) is 0 Å². The number of carbonyl (C=O) groups is 2. The second-order valence-corrected chi connectivity index (χ2v) is 8.29. The zero-order chi connectivity index (χ0) is 24.2. The predicted octanol–water partition coefficient (Wildman–Crippen LogP) is 4.59. The molecule has 4 aromatic rings. The third-order valence-electron chi connectivity index (χ3n) is 5.38. The van der Waals surface area contributed by atoms with E-state index < -0.39 is 18.0 Å². The van der Waals surface area contributed by atoms with E-state index in [0.717, 1.165) is 11.1 Å². The van der Waals surface area contributed by atoms with Crippen LogP contribution in [0.25, 0.3) is 10.9 Å². The van der Waals surface area contributed by atoms with Crippen LogP contribution >= 0.6 is 11.6 Å². The first-order chi connectivity index (χ1) is 16.3. The Hall–Kier alpha value is -3.97. The van der Waals surface area contributed by atoms with Crippen molar-refractivity contribution in [1.82, 2.24) is 9.55 Å². The Kier molecular flexibility index (Phi) is 6.75. The molecule has 8 heteroatoms. The topological polar surface area (TPSA) is 90.3 Å². The first-order valence-corrected chi connectivity index (χ1v) is 11.0. The van der Waals surface area contributed by atoms with Crippen molar-refractivity contribution in [3.8, 4) is 0 Å². The number of nitrogens with one attached hydrogen (secondary N) is 1. The molecule has 1 N–H and O–H groups in total. The average Bonchev–Trinajstić information content (AvgIpc) is 2.82. The summed E-state index contributed by atoms with van der Waals surface area (Å²) in [4.78, 5) is 43.0. The van der Waals surface area contributed by atoms with Crippen LogP contribution in [-0.2, 0) is 20.9 Å². The number of anilines is 1. The van der Waals surface area contributed by atoms with E-state index in [1.807, 2.05) is 19.9 Å². The maximum absolute atomic E-state index is 13.1. The molecule has 0 saturated heterocycles. The predicted molar refractivity (Wildman–Crippen MR) is 131 cm³/mol. The smallest absolute Gasteiger partial charge is 0.327 e. The number of benzene rings is 3. The summed E-state index contributed by atoms with van der Waals surface area (Å²) in [5, 5.41) is 3.65. The number of esters is 1. The number of para-hydroxylation sites is 1. The fourth-order valence-electron chi connectivity index (χ4n) is 3.54. The molecule has 1 amide bonds. The molecule has 3 aromatic carbocycles. The molecule has 0 spiro atoms. The maximum atomic E-state index is 13.1. The van der Waals surface area contributed by atoms with Gasteiger partial charge in [-0.15, -0.1) is 0 Å². The standard InChI is InChI=1S/C26H22ClN3O4/c1-16-11-12-19(13-21(16)27)29-25(32)24(18-8-4-3-5-9-18)34-22(31)14-30-15-28-23-17(2)7-6-10-20(23)26(30)33/h3-13,15,24H,14H2,1-2H3,(H,29,32). The average molecular weight is 476 g/mol. The fraction of sp³-hybridized carbons (Fsp3) is 0.154. The van der Waals surface area contributed by atoms with Gasteiger partial charge in [-0.1, -0.05) is 60.1 Å². The van der Waals surface area contributed by atoms with E-state index in [1.54, 1.807) is 60.7 Å². The van der Waals surface area contributed by atoms with Crippen molar-refractivity contribution in [3.63, 3.8) is 0 Å². The summed E-state index contributed by atoms with van der Waals surface area (Å²) >= 11 is 6.16. The van der Waals surface area contributed by atoms with Crippen LogP contribution in [0.4, 0.5) is 5.69 Å². The van der Waals surface area contributed by atoms with Crippen LogP contribution in [-0.4, -0.2) is 21.4 Å². The third-order valence-corrected chi connectivity index (χ3v) is 5.79. The number of amides is 1. The molecule has 0 aliphatic heterocycles. The van der Waals surface area contributed by atoms with Crippen LogP contribution in [0.2, 0.25) is 5.02 Å². The van der Waals surface area contributed by atoms with Gasteiger partial charge in [0.05, 0.1) is 17.2 Å². The zero-order valence-electron chi connectivity index (χ0n) is 18.6. The molecule has 7 nitrogen and oxygen atoms in total. The van der Waals surface area contributed by atoms with Gasteiger partial charge in [0.2, 0.25) is 6.10 Å². The van der Waals surface area contributed by atoms with E-state index in [2.05, 4.69) is 10.3 Å². The number of aryl methyl sites for hydroxylation is 2. The molecule has 0 aliphatic carbocycles. The number of hydrogen-bond donors (Lipinski definition) is 1. The van der Waals surface area contributed by atoms with Gasteiger partial charge >= 0.3 is 5.97 Å². The van der Waals surface area contributed by atoms with Gasteiger partial charge in [0.25, 0.3) is 11.5 Å². The van der Waals surface area contributed by atoms with E-state index in [-0.39, 0.29) is 12.1 Å². The van der Waals surface area contributed by atoms with Gasteiger partial charge in [-0.05, 0) is 43.2 Å². The summed E-state index contributed by atoms with van der Waals surface area (Å²) in [5.74, 6) is -1.29. The minimum Gasteiger partial charge on any atom is -0.446 e. The highest BCUT2D eigenvalue weighted by Crippen LogP contribution is 2.24. The molecular weight excluding hydrogens is 454 g/mol. The highest BCUT2D eigenvalue weighted by Gasteiger charge is 2.26. The minimum absolute atomic E-state index is 0.361. The van der Waals surface area contributed by atoms with E-state index >= 15 is 0 Å². The molecule has 1 aromatic heterocycles. The van der Waals surface area contributed by atoms with Crippen molar-refractivity contribution in [2.75, 3.05) is 5.32 Å². The second kappa shape index (κ2) is 9.89. The van der Waals surface area contributed by atoms with Crippen molar-refractivity contribution < 1.29 is 14.3 Å². The van der Waals surface area contributed by atoms with Crippen molar-refractivity contribution in [2.45, 2.75) is 26.5 Å². The summed E-state index contributed by atoms with van der Waals surface area (Å²) in [6.45, 7) is 3.33. The lowest BCUT2D eigenvalue weighted by atomic mass is 10.1.